The normalized spacial score (nSPS) is 12.5. The minimum absolute atomic E-state index is 0.299. The van der Waals surface area contributed by atoms with Gasteiger partial charge in [0.25, 0.3) is 0 Å². The maximum Gasteiger partial charge on any atom is 0.142 e. The molecule has 2 aromatic rings. The first-order valence-electron chi connectivity index (χ1n) is 6.46. The van der Waals surface area contributed by atoms with Crippen molar-refractivity contribution >= 4 is 5.82 Å². The molecule has 1 aromatic heterocycles. The number of aromatic nitrogens is 1. The molecular formula is C16H12N4. The molecule has 1 aliphatic rings. The van der Waals surface area contributed by atoms with E-state index in [4.69, 9.17) is 11.0 Å². The van der Waals surface area contributed by atoms with E-state index in [-0.39, 0.29) is 0 Å². The molecule has 0 bridgehead atoms. The maximum atomic E-state index is 9.37. The van der Waals surface area contributed by atoms with Gasteiger partial charge in [0.05, 0.1) is 11.6 Å². The first-order chi connectivity index (χ1) is 9.74. The molecule has 0 spiro atoms. The standard InChI is InChI=1S/C16H12N4/c17-8-10-4-6-11(7-5-10)15-12-2-1-3-14(12)20-16(19)13(15)9-18/h4-7H,1-3H2,(H2,19,20). The third-order valence-corrected chi connectivity index (χ3v) is 3.67. The van der Waals surface area contributed by atoms with Crippen LogP contribution in [0.5, 0.6) is 0 Å². The molecule has 0 radical (unpaired) electrons. The van der Waals surface area contributed by atoms with Crippen molar-refractivity contribution in [2.75, 3.05) is 5.73 Å². The van der Waals surface area contributed by atoms with Crippen LogP contribution >= 0.6 is 0 Å². The van der Waals surface area contributed by atoms with Gasteiger partial charge in [0.15, 0.2) is 0 Å². The number of rotatable bonds is 1. The Kier molecular flexibility index (Phi) is 2.85. The van der Waals surface area contributed by atoms with Gasteiger partial charge < -0.3 is 5.73 Å². The van der Waals surface area contributed by atoms with Crippen LogP contribution in [0.2, 0.25) is 0 Å². The van der Waals surface area contributed by atoms with Crippen LogP contribution in [-0.2, 0) is 12.8 Å². The van der Waals surface area contributed by atoms with Crippen molar-refractivity contribution in [2.45, 2.75) is 19.3 Å². The summed E-state index contributed by atoms with van der Waals surface area (Å²) in [5.41, 5.74) is 10.9. The molecule has 0 fully saturated rings. The van der Waals surface area contributed by atoms with Crippen LogP contribution in [0.4, 0.5) is 5.82 Å². The monoisotopic (exact) mass is 260 g/mol. The summed E-state index contributed by atoms with van der Waals surface area (Å²) in [7, 11) is 0. The van der Waals surface area contributed by atoms with E-state index in [0.29, 0.717) is 16.9 Å². The van der Waals surface area contributed by atoms with E-state index >= 15 is 0 Å². The summed E-state index contributed by atoms with van der Waals surface area (Å²) in [6, 6.07) is 11.5. The fraction of sp³-hybridized carbons (Fsp3) is 0.188. The average molecular weight is 260 g/mol. The molecule has 0 amide bonds. The zero-order chi connectivity index (χ0) is 14.1. The van der Waals surface area contributed by atoms with Gasteiger partial charge in [-0.05, 0) is 42.5 Å². The summed E-state index contributed by atoms with van der Waals surface area (Å²) in [6.07, 6.45) is 2.88. The Morgan fingerprint density at radius 1 is 1.05 bits per heavy atom. The van der Waals surface area contributed by atoms with E-state index in [0.717, 1.165) is 41.6 Å². The number of pyridine rings is 1. The Morgan fingerprint density at radius 2 is 1.80 bits per heavy atom. The second-order valence-electron chi connectivity index (χ2n) is 4.83. The molecule has 2 N–H and O–H groups in total. The SMILES string of the molecule is N#Cc1ccc(-c2c(C#N)c(N)nc3c2CCC3)cc1. The molecule has 96 valence electrons. The summed E-state index contributed by atoms with van der Waals surface area (Å²) in [4.78, 5) is 4.35. The van der Waals surface area contributed by atoms with Crippen LogP contribution in [-0.4, -0.2) is 4.98 Å². The Morgan fingerprint density at radius 3 is 2.45 bits per heavy atom. The van der Waals surface area contributed by atoms with Crippen LogP contribution < -0.4 is 5.73 Å². The quantitative estimate of drug-likeness (QED) is 0.853. The van der Waals surface area contributed by atoms with Crippen molar-refractivity contribution in [3.63, 3.8) is 0 Å². The number of aryl methyl sites for hydroxylation is 1. The molecule has 20 heavy (non-hydrogen) atoms. The van der Waals surface area contributed by atoms with Crippen molar-refractivity contribution in [3.8, 4) is 23.3 Å². The van der Waals surface area contributed by atoms with Crippen LogP contribution in [0.3, 0.4) is 0 Å². The fourth-order valence-corrected chi connectivity index (χ4v) is 2.74. The van der Waals surface area contributed by atoms with Crippen molar-refractivity contribution in [2.24, 2.45) is 0 Å². The Hall–Kier alpha value is -2.85. The predicted molar refractivity (Wildman–Crippen MR) is 75.5 cm³/mol. The number of nitrogen functional groups attached to an aromatic ring is 1. The minimum atomic E-state index is 0.299. The third kappa shape index (κ3) is 1.79. The number of fused-ring (bicyclic) bond motifs is 1. The van der Waals surface area contributed by atoms with E-state index in [1.54, 1.807) is 12.1 Å². The molecule has 3 rings (SSSR count). The highest BCUT2D eigenvalue weighted by molar-refractivity contribution is 5.79. The number of nitriles is 2. The number of hydrogen-bond acceptors (Lipinski definition) is 4. The van der Waals surface area contributed by atoms with E-state index in [2.05, 4.69) is 17.1 Å². The van der Waals surface area contributed by atoms with E-state index in [1.165, 1.54) is 0 Å². The highest BCUT2D eigenvalue weighted by Gasteiger charge is 2.22. The van der Waals surface area contributed by atoms with E-state index in [9.17, 15) is 5.26 Å². The van der Waals surface area contributed by atoms with Gasteiger partial charge >= 0.3 is 0 Å². The Labute approximate surface area is 117 Å². The maximum absolute atomic E-state index is 9.37. The van der Waals surface area contributed by atoms with Crippen LogP contribution in [0.15, 0.2) is 24.3 Å². The van der Waals surface area contributed by atoms with Gasteiger partial charge in [-0.2, -0.15) is 10.5 Å². The number of benzene rings is 1. The summed E-state index contributed by atoms with van der Waals surface area (Å²) in [5, 5.41) is 18.2. The molecule has 0 saturated carbocycles. The van der Waals surface area contributed by atoms with Gasteiger partial charge in [-0.15, -0.1) is 0 Å². The minimum Gasteiger partial charge on any atom is -0.383 e. The molecule has 1 aromatic carbocycles. The Bertz CT molecular complexity index is 760. The highest BCUT2D eigenvalue weighted by Crippen LogP contribution is 2.36. The van der Waals surface area contributed by atoms with E-state index < -0.39 is 0 Å². The molecule has 0 saturated heterocycles. The lowest BCUT2D eigenvalue weighted by Crippen LogP contribution is -2.03. The fourth-order valence-electron chi connectivity index (χ4n) is 2.74. The van der Waals surface area contributed by atoms with Crippen LogP contribution in [0.1, 0.15) is 28.8 Å². The van der Waals surface area contributed by atoms with Gasteiger partial charge in [-0.3, -0.25) is 0 Å². The number of nitrogens with two attached hydrogens (primary N) is 1. The Balaban J connectivity index is 2.27. The smallest absolute Gasteiger partial charge is 0.142 e. The molecule has 0 atom stereocenters. The lowest BCUT2D eigenvalue weighted by Gasteiger charge is -2.12. The zero-order valence-electron chi connectivity index (χ0n) is 10.8. The lowest BCUT2D eigenvalue weighted by molar-refractivity contribution is 0.900. The predicted octanol–water partition coefficient (Wildman–Crippen LogP) is 2.56. The second kappa shape index (κ2) is 4.68. The molecule has 1 heterocycles. The van der Waals surface area contributed by atoms with Crippen LogP contribution in [0.25, 0.3) is 11.1 Å². The van der Waals surface area contributed by atoms with Gasteiger partial charge in [0.1, 0.15) is 17.5 Å². The topological polar surface area (TPSA) is 86.5 Å². The van der Waals surface area contributed by atoms with Gasteiger partial charge in [-0.25, -0.2) is 4.98 Å². The van der Waals surface area contributed by atoms with Gasteiger partial charge in [-0.1, -0.05) is 12.1 Å². The number of nitrogens with zero attached hydrogens (tertiary/aromatic N) is 3. The number of hydrogen-bond donors (Lipinski definition) is 1. The molecule has 1 aliphatic carbocycles. The summed E-state index contributed by atoms with van der Waals surface area (Å²) in [6.45, 7) is 0. The van der Waals surface area contributed by atoms with E-state index in [1.807, 2.05) is 12.1 Å². The second-order valence-corrected chi connectivity index (χ2v) is 4.83. The third-order valence-electron chi connectivity index (χ3n) is 3.67. The first-order valence-corrected chi connectivity index (χ1v) is 6.46. The summed E-state index contributed by atoms with van der Waals surface area (Å²) >= 11 is 0. The first kappa shape index (κ1) is 12.2. The largest absolute Gasteiger partial charge is 0.383 e. The zero-order valence-corrected chi connectivity index (χ0v) is 10.8. The summed E-state index contributed by atoms with van der Waals surface area (Å²) < 4.78 is 0. The van der Waals surface area contributed by atoms with Gasteiger partial charge in [0.2, 0.25) is 0 Å². The molecular weight excluding hydrogens is 248 g/mol. The molecule has 4 heteroatoms. The molecule has 0 unspecified atom stereocenters. The van der Waals surface area contributed by atoms with Crippen LogP contribution in [0, 0.1) is 22.7 Å². The van der Waals surface area contributed by atoms with Crippen molar-refractivity contribution in [3.05, 3.63) is 46.6 Å². The lowest BCUT2D eigenvalue weighted by atomic mass is 9.94. The molecule has 4 nitrogen and oxygen atoms in total. The van der Waals surface area contributed by atoms with Crippen molar-refractivity contribution in [1.29, 1.82) is 10.5 Å². The summed E-state index contributed by atoms with van der Waals surface area (Å²) in [5.74, 6) is 0.299. The van der Waals surface area contributed by atoms with Crippen molar-refractivity contribution in [1.82, 2.24) is 4.98 Å². The molecule has 0 aliphatic heterocycles. The van der Waals surface area contributed by atoms with Gasteiger partial charge in [0, 0.05) is 11.3 Å². The van der Waals surface area contributed by atoms with Crippen molar-refractivity contribution < 1.29 is 0 Å². The highest BCUT2D eigenvalue weighted by atomic mass is 14.9. The number of anilines is 1. The average Bonchev–Trinajstić information content (AvgIpc) is 2.93.